The fraction of sp³-hybridized carbons (Fsp3) is 0.318. The first-order valence-electron chi connectivity index (χ1n) is 9.95. The predicted octanol–water partition coefficient (Wildman–Crippen LogP) is 2.06. The molecular formula is C22H22N2O6S. The quantitative estimate of drug-likeness (QED) is 0.519. The second-order valence-electron chi connectivity index (χ2n) is 7.59. The van der Waals surface area contributed by atoms with Crippen LogP contribution in [-0.4, -0.2) is 55.6 Å². The van der Waals surface area contributed by atoms with Gasteiger partial charge in [0.05, 0.1) is 35.6 Å². The molecule has 0 N–H and O–H groups in total. The third-order valence-electron chi connectivity index (χ3n) is 5.77. The number of hydrogen-bond donors (Lipinski definition) is 0. The number of rotatable bonds is 5. The molecule has 2 aliphatic heterocycles. The normalized spacial score (nSPS) is 17.6. The summed E-state index contributed by atoms with van der Waals surface area (Å²) in [6.45, 7) is 0.564. The summed E-state index contributed by atoms with van der Waals surface area (Å²) in [5.41, 5.74) is 1.40. The highest BCUT2D eigenvalue weighted by Gasteiger charge is 2.35. The van der Waals surface area contributed by atoms with Crippen LogP contribution in [0.5, 0.6) is 0 Å². The van der Waals surface area contributed by atoms with Gasteiger partial charge in [0.2, 0.25) is 10.0 Å². The number of sulfonamides is 1. The molecule has 8 nitrogen and oxygen atoms in total. The van der Waals surface area contributed by atoms with E-state index in [-0.39, 0.29) is 48.2 Å². The molecule has 0 spiro atoms. The Balaban J connectivity index is 1.45. The second-order valence-corrected chi connectivity index (χ2v) is 9.53. The first-order valence-corrected chi connectivity index (χ1v) is 11.4. The van der Waals surface area contributed by atoms with Gasteiger partial charge in [0.25, 0.3) is 11.8 Å². The van der Waals surface area contributed by atoms with E-state index in [1.165, 1.54) is 23.5 Å². The van der Waals surface area contributed by atoms with Gasteiger partial charge in [0.15, 0.2) is 0 Å². The molecule has 31 heavy (non-hydrogen) atoms. The van der Waals surface area contributed by atoms with Gasteiger partial charge in [-0.15, -0.1) is 0 Å². The Kier molecular flexibility index (Phi) is 5.63. The molecule has 0 unspecified atom stereocenters. The highest BCUT2D eigenvalue weighted by Crippen LogP contribution is 2.27. The first-order chi connectivity index (χ1) is 14.8. The molecule has 1 fully saturated rings. The third-order valence-corrected chi connectivity index (χ3v) is 7.68. The summed E-state index contributed by atoms with van der Waals surface area (Å²) in [5.74, 6) is -1.30. The maximum Gasteiger partial charge on any atom is 0.308 e. The Morgan fingerprint density at radius 1 is 0.968 bits per heavy atom. The van der Waals surface area contributed by atoms with Crippen LogP contribution in [0.4, 0.5) is 0 Å². The van der Waals surface area contributed by atoms with Crippen LogP contribution in [0.15, 0.2) is 53.4 Å². The summed E-state index contributed by atoms with van der Waals surface area (Å²) in [4.78, 5) is 38.0. The molecule has 0 aliphatic carbocycles. The van der Waals surface area contributed by atoms with E-state index in [0.29, 0.717) is 29.5 Å². The van der Waals surface area contributed by atoms with Gasteiger partial charge in [-0.3, -0.25) is 19.3 Å². The van der Waals surface area contributed by atoms with E-state index >= 15 is 0 Å². The van der Waals surface area contributed by atoms with Gasteiger partial charge in [-0.05, 0) is 42.7 Å². The number of carbonyl (C=O) groups excluding carboxylic acids is 3. The summed E-state index contributed by atoms with van der Waals surface area (Å²) in [5, 5.41) is 0. The van der Waals surface area contributed by atoms with Crippen molar-refractivity contribution in [2.75, 3.05) is 20.2 Å². The lowest BCUT2D eigenvalue weighted by Gasteiger charge is -2.29. The molecule has 2 heterocycles. The van der Waals surface area contributed by atoms with Crippen molar-refractivity contribution >= 4 is 27.8 Å². The van der Waals surface area contributed by atoms with Gasteiger partial charge in [-0.1, -0.05) is 24.3 Å². The monoisotopic (exact) mass is 442 g/mol. The zero-order chi connectivity index (χ0) is 22.2. The molecule has 4 rings (SSSR count). The molecule has 2 aromatic carbocycles. The zero-order valence-electron chi connectivity index (χ0n) is 17.0. The molecule has 0 saturated carbocycles. The predicted molar refractivity (Wildman–Crippen MR) is 111 cm³/mol. The Bertz CT molecular complexity index is 1100. The lowest BCUT2D eigenvalue weighted by atomic mass is 9.99. The number of piperidine rings is 1. The highest BCUT2D eigenvalue weighted by molar-refractivity contribution is 7.89. The number of carbonyl (C=O) groups is 3. The summed E-state index contributed by atoms with van der Waals surface area (Å²) >= 11 is 0. The van der Waals surface area contributed by atoms with Crippen LogP contribution in [0.3, 0.4) is 0 Å². The summed E-state index contributed by atoms with van der Waals surface area (Å²) in [6.07, 6.45) is 0.841. The number of amides is 2. The molecule has 162 valence electrons. The van der Waals surface area contributed by atoms with E-state index in [2.05, 4.69) is 0 Å². The Morgan fingerprint density at radius 3 is 2.03 bits per heavy atom. The fourth-order valence-corrected chi connectivity index (χ4v) is 5.45. The minimum Gasteiger partial charge on any atom is -0.469 e. The van der Waals surface area contributed by atoms with Crippen molar-refractivity contribution in [2.24, 2.45) is 5.92 Å². The topological polar surface area (TPSA) is 101 Å². The van der Waals surface area contributed by atoms with Gasteiger partial charge >= 0.3 is 5.97 Å². The van der Waals surface area contributed by atoms with Gasteiger partial charge < -0.3 is 4.74 Å². The van der Waals surface area contributed by atoms with Crippen LogP contribution in [0, 0.1) is 5.92 Å². The van der Waals surface area contributed by atoms with Crippen molar-refractivity contribution in [1.29, 1.82) is 0 Å². The average Bonchev–Trinajstić information content (AvgIpc) is 3.04. The van der Waals surface area contributed by atoms with Gasteiger partial charge in [-0.25, -0.2) is 8.42 Å². The summed E-state index contributed by atoms with van der Waals surface area (Å²) in [7, 11) is -2.37. The number of esters is 1. The molecule has 0 atom stereocenters. The standard InChI is InChI=1S/C22H22N2O6S/c1-30-22(27)16-10-12-23(13-11-16)31(28,29)17-8-6-15(7-9-17)14-24-20(25)18-4-2-3-5-19(18)21(24)26/h2-9,16H,10-14H2,1H3. The molecule has 1 saturated heterocycles. The van der Waals surface area contributed by atoms with Crippen molar-refractivity contribution in [2.45, 2.75) is 24.3 Å². The average molecular weight is 442 g/mol. The Hall–Kier alpha value is -3.04. The van der Waals surface area contributed by atoms with E-state index in [1.807, 2.05) is 0 Å². The van der Waals surface area contributed by atoms with Crippen LogP contribution >= 0.6 is 0 Å². The SMILES string of the molecule is COC(=O)C1CCN(S(=O)(=O)c2ccc(CN3C(=O)c4ccccc4C3=O)cc2)CC1. The van der Waals surface area contributed by atoms with Gasteiger partial charge in [0.1, 0.15) is 0 Å². The van der Waals surface area contributed by atoms with E-state index in [4.69, 9.17) is 4.74 Å². The highest BCUT2D eigenvalue weighted by atomic mass is 32.2. The maximum absolute atomic E-state index is 12.9. The third kappa shape index (κ3) is 3.86. The van der Waals surface area contributed by atoms with Crippen molar-refractivity contribution in [3.63, 3.8) is 0 Å². The molecular weight excluding hydrogens is 420 g/mol. The maximum atomic E-state index is 12.9. The number of imide groups is 1. The zero-order valence-corrected chi connectivity index (χ0v) is 17.8. The smallest absolute Gasteiger partial charge is 0.308 e. The lowest BCUT2D eigenvalue weighted by molar-refractivity contribution is -0.146. The van der Waals surface area contributed by atoms with Crippen LogP contribution < -0.4 is 0 Å². The molecule has 2 aromatic rings. The molecule has 0 radical (unpaired) electrons. The van der Waals surface area contributed by atoms with Crippen molar-refractivity contribution < 1.29 is 27.5 Å². The largest absolute Gasteiger partial charge is 0.469 e. The number of benzene rings is 2. The Morgan fingerprint density at radius 2 is 1.52 bits per heavy atom. The van der Waals surface area contributed by atoms with Crippen LogP contribution in [0.2, 0.25) is 0 Å². The number of hydrogen-bond acceptors (Lipinski definition) is 6. The van der Waals surface area contributed by atoms with Gasteiger partial charge in [-0.2, -0.15) is 4.31 Å². The molecule has 2 aliphatic rings. The number of nitrogens with zero attached hydrogens (tertiary/aromatic N) is 2. The summed E-state index contributed by atoms with van der Waals surface area (Å²) < 4.78 is 32.0. The number of fused-ring (bicyclic) bond motifs is 1. The molecule has 2 amide bonds. The lowest BCUT2D eigenvalue weighted by Crippen LogP contribution is -2.40. The molecule has 0 bridgehead atoms. The number of methoxy groups -OCH3 is 1. The minimum absolute atomic E-state index is 0.0667. The minimum atomic E-state index is -3.69. The van der Waals surface area contributed by atoms with Crippen LogP contribution in [0.25, 0.3) is 0 Å². The number of ether oxygens (including phenoxy) is 1. The van der Waals surface area contributed by atoms with Crippen molar-refractivity contribution in [1.82, 2.24) is 9.21 Å². The van der Waals surface area contributed by atoms with Crippen LogP contribution in [0.1, 0.15) is 39.1 Å². The van der Waals surface area contributed by atoms with E-state index in [9.17, 15) is 22.8 Å². The first kappa shape index (κ1) is 21.2. The van der Waals surface area contributed by atoms with Crippen LogP contribution in [-0.2, 0) is 26.1 Å². The molecule has 9 heteroatoms. The van der Waals surface area contributed by atoms with Crippen molar-refractivity contribution in [3.05, 3.63) is 65.2 Å². The Labute approximate surface area is 180 Å². The van der Waals surface area contributed by atoms with E-state index < -0.39 is 10.0 Å². The van der Waals surface area contributed by atoms with Crippen molar-refractivity contribution in [3.8, 4) is 0 Å². The fourth-order valence-electron chi connectivity index (χ4n) is 3.98. The van der Waals surface area contributed by atoms with E-state index in [1.54, 1.807) is 36.4 Å². The summed E-state index contributed by atoms with van der Waals surface area (Å²) in [6, 6.07) is 12.8. The second kappa shape index (κ2) is 8.24. The van der Waals surface area contributed by atoms with Gasteiger partial charge in [0, 0.05) is 13.1 Å². The van der Waals surface area contributed by atoms with E-state index in [0.717, 1.165) is 4.90 Å². The molecule has 0 aromatic heterocycles.